The molecule has 0 rings (SSSR count). The average Bonchev–Trinajstić information content (AvgIpc) is 2.30. The molecule has 108 valence electrons. The Morgan fingerprint density at radius 3 is 2.32 bits per heavy atom. The van der Waals surface area contributed by atoms with E-state index in [-0.39, 0.29) is 5.83 Å². The number of amides is 1. The van der Waals surface area contributed by atoms with Crippen molar-refractivity contribution in [2.45, 2.75) is 53.6 Å². The molecule has 1 amide bonds. The first-order chi connectivity index (χ1) is 8.69. The molecule has 0 aliphatic carbocycles. The fourth-order valence-corrected chi connectivity index (χ4v) is 1.11. The monoisotopic (exact) mass is 269 g/mol. The zero-order valence-electron chi connectivity index (χ0n) is 12.6. The molecule has 0 saturated carbocycles. The van der Waals surface area contributed by atoms with Crippen molar-refractivity contribution in [3.63, 3.8) is 0 Å². The first-order valence-corrected chi connectivity index (χ1v) is 6.39. The van der Waals surface area contributed by atoms with Crippen LogP contribution in [0, 0.1) is 0 Å². The number of ether oxygens (including phenoxy) is 1. The molecule has 0 bridgehead atoms. The van der Waals surface area contributed by atoms with E-state index >= 15 is 0 Å². The Hall–Kier alpha value is -1.58. The lowest BCUT2D eigenvalue weighted by molar-refractivity contribution is 0.0548. The Morgan fingerprint density at radius 2 is 1.89 bits per heavy atom. The van der Waals surface area contributed by atoms with Crippen molar-refractivity contribution >= 4 is 6.09 Å². The summed E-state index contributed by atoms with van der Waals surface area (Å²) in [4.78, 5) is 11.5. The predicted molar refractivity (Wildman–Crippen MR) is 76.4 cm³/mol. The van der Waals surface area contributed by atoms with Crippen LogP contribution in [0.5, 0.6) is 0 Å². The molecule has 0 aromatic heterocycles. The Kier molecular flexibility index (Phi) is 7.12. The van der Waals surface area contributed by atoms with Gasteiger partial charge in [-0.15, -0.1) is 0 Å². The summed E-state index contributed by atoms with van der Waals surface area (Å²) >= 11 is 0. The van der Waals surface area contributed by atoms with Crippen LogP contribution in [0.25, 0.3) is 0 Å². The highest BCUT2D eigenvalue weighted by Gasteiger charge is 2.16. The van der Waals surface area contributed by atoms with Gasteiger partial charge in [0.05, 0.1) is 0 Å². The van der Waals surface area contributed by atoms with E-state index in [0.29, 0.717) is 17.7 Å². The van der Waals surface area contributed by atoms with Crippen molar-refractivity contribution in [2.75, 3.05) is 0 Å². The van der Waals surface area contributed by atoms with Crippen LogP contribution in [-0.4, -0.2) is 11.7 Å². The summed E-state index contributed by atoms with van der Waals surface area (Å²) in [6.07, 6.45) is 4.63. The fraction of sp³-hybridized carbons (Fsp3) is 0.533. The number of carbonyl (C=O) groups is 1. The first kappa shape index (κ1) is 17.4. The molecule has 0 unspecified atom stereocenters. The van der Waals surface area contributed by atoms with E-state index in [2.05, 4.69) is 5.32 Å². The van der Waals surface area contributed by atoms with E-state index in [0.717, 1.165) is 0 Å². The lowest BCUT2D eigenvalue weighted by Gasteiger charge is -2.19. The highest BCUT2D eigenvalue weighted by atomic mass is 19.1. The first-order valence-electron chi connectivity index (χ1n) is 6.39. The SMILES string of the molecule is C\C=C(/C=C\C(F)=C(/C)CC)NC(=O)OC(C)(C)C. The van der Waals surface area contributed by atoms with Crippen molar-refractivity contribution < 1.29 is 13.9 Å². The summed E-state index contributed by atoms with van der Waals surface area (Å²) in [6, 6.07) is 0. The van der Waals surface area contributed by atoms with Gasteiger partial charge in [0, 0.05) is 5.70 Å². The van der Waals surface area contributed by atoms with Crippen LogP contribution in [0.2, 0.25) is 0 Å². The summed E-state index contributed by atoms with van der Waals surface area (Å²) in [5, 5.41) is 2.56. The zero-order valence-corrected chi connectivity index (χ0v) is 12.6. The van der Waals surface area contributed by atoms with E-state index in [4.69, 9.17) is 4.74 Å². The van der Waals surface area contributed by atoms with E-state index in [1.807, 2.05) is 6.92 Å². The van der Waals surface area contributed by atoms with Gasteiger partial charge in [0.25, 0.3) is 0 Å². The molecule has 0 saturated heterocycles. The standard InChI is InChI=1S/C15H24FNO2/c1-7-11(3)13(16)10-9-12(8-2)17-14(18)19-15(4,5)6/h8-10H,7H2,1-6H3,(H,17,18)/b10-9-,12-8+,13-11-. The molecule has 0 spiro atoms. The minimum atomic E-state index is -0.559. The summed E-state index contributed by atoms with van der Waals surface area (Å²) in [6.45, 7) is 10.7. The number of alkyl carbamates (subject to hydrolysis) is 1. The van der Waals surface area contributed by atoms with Gasteiger partial charge < -0.3 is 4.74 Å². The minimum Gasteiger partial charge on any atom is -0.444 e. The molecule has 0 atom stereocenters. The lowest BCUT2D eigenvalue weighted by Crippen LogP contribution is -2.31. The number of hydrogen-bond acceptors (Lipinski definition) is 2. The average molecular weight is 269 g/mol. The Morgan fingerprint density at radius 1 is 1.32 bits per heavy atom. The molecule has 3 nitrogen and oxygen atoms in total. The van der Waals surface area contributed by atoms with Crippen molar-refractivity contribution in [1.29, 1.82) is 0 Å². The second-order valence-electron chi connectivity index (χ2n) is 5.19. The van der Waals surface area contributed by atoms with Gasteiger partial charge in [-0.2, -0.15) is 0 Å². The molecule has 0 aliphatic rings. The molecular formula is C15H24FNO2. The molecule has 1 N–H and O–H groups in total. The minimum absolute atomic E-state index is 0.284. The number of carbonyl (C=O) groups excluding carboxylic acids is 1. The van der Waals surface area contributed by atoms with E-state index in [1.165, 1.54) is 12.2 Å². The molecule has 0 heterocycles. The Balaban J connectivity index is 4.64. The molecule has 19 heavy (non-hydrogen) atoms. The molecule has 0 aromatic rings. The zero-order chi connectivity index (χ0) is 15.1. The van der Waals surface area contributed by atoms with E-state index < -0.39 is 11.7 Å². The quantitative estimate of drug-likeness (QED) is 0.756. The molecule has 0 fully saturated rings. The van der Waals surface area contributed by atoms with E-state index in [1.54, 1.807) is 40.7 Å². The number of allylic oxidation sites excluding steroid dienone is 5. The summed E-state index contributed by atoms with van der Waals surface area (Å²) < 4.78 is 18.6. The second-order valence-corrected chi connectivity index (χ2v) is 5.19. The maximum Gasteiger partial charge on any atom is 0.412 e. The van der Waals surface area contributed by atoms with Gasteiger partial charge in [-0.05, 0) is 58.8 Å². The van der Waals surface area contributed by atoms with Crippen LogP contribution in [-0.2, 0) is 4.74 Å². The van der Waals surface area contributed by atoms with Gasteiger partial charge in [0.2, 0.25) is 0 Å². The van der Waals surface area contributed by atoms with Gasteiger partial charge in [-0.3, -0.25) is 5.32 Å². The van der Waals surface area contributed by atoms with Gasteiger partial charge in [0.15, 0.2) is 0 Å². The molecule has 0 aromatic carbocycles. The van der Waals surface area contributed by atoms with Crippen LogP contribution >= 0.6 is 0 Å². The maximum absolute atomic E-state index is 13.5. The summed E-state index contributed by atoms with van der Waals surface area (Å²) in [7, 11) is 0. The number of halogens is 1. The van der Waals surface area contributed by atoms with Crippen molar-refractivity contribution in [2.24, 2.45) is 0 Å². The van der Waals surface area contributed by atoms with E-state index in [9.17, 15) is 9.18 Å². The van der Waals surface area contributed by atoms with Crippen molar-refractivity contribution in [3.05, 3.63) is 35.3 Å². The van der Waals surface area contributed by atoms with Crippen LogP contribution in [0.15, 0.2) is 35.3 Å². The van der Waals surface area contributed by atoms with Gasteiger partial charge in [-0.25, -0.2) is 9.18 Å². The van der Waals surface area contributed by atoms with Crippen LogP contribution in [0.4, 0.5) is 9.18 Å². The smallest absolute Gasteiger partial charge is 0.412 e. The summed E-state index contributed by atoms with van der Waals surface area (Å²) in [5.41, 5.74) is 0.605. The normalized spacial score (nSPS) is 14.4. The van der Waals surface area contributed by atoms with Crippen LogP contribution in [0.3, 0.4) is 0 Å². The van der Waals surface area contributed by atoms with Crippen molar-refractivity contribution in [3.8, 4) is 0 Å². The van der Waals surface area contributed by atoms with Gasteiger partial charge in [-0.1, -0.05) is 13.0 Å². The van der Waals surface area contributed by atoms with Crippen LogP contribution < -0.4 is 5.32 Å². The Labute approximate surface area is 115 Å². The maximum atomic E-state index is 13.5. The highest BCUT2D eigenvalue weighted by Crippen LogP contribution is 2.12. The van der Waals surface area contributed by atoms with Crippen LogP contribution in [0.1, 0.15) is 48.0 Å². The second kappa shape index (κ2) is 7.77. The predicted octanol–water partition coefficient (Wildman–Crippen LogP) is 4.62. The lowest BCUT2D eigenvalue weighted by atomic mass is 10.2. The largest absolute Gasteiger partial charge is 0.444 e. The molecule has 0 aliphatic heterocycles. The third kappa shape index (κ3) is 8.19. The molecule has 0 radical (unpaired) electrons. The number of nitrogens with one attached hydrogen (secondary N) is 1. The Bertz CT molecular complexity index is 401. The highest BCUT2D eigenvalue weighted by molar-refractivity contribution is 5.70. The number of hydrogen-bond donors (Lipinski definition) is 1. The van der Waals surface area contributed by atoms with Gasteiger partial charge >= 0.3 is 6.09 Å². The summed E-state index contributed by atoms with van der Waals surface area (Å²) in [5.74, 6) is -0.284. The molecule has 4 heteroatoms. The third-order valence-electron chi connectivity index (χ3n) is 2.30. The molecular weight excluding hydrogens is 245 g/mol. The third-order valence-corrected chi connectivity index (χ3v) is 2.30. The topological polar surface area (TPSA) is 38.3 Å². The van der Waals surface area contributed by atoms with Gasteiger partial charge in [0.1, 0.15) is 11.4 Å². The fourth-order valence-electron chi connectivity index (χ4n) is 1.11. The van der Waals surface area contributed by atoms with Crippen molar-refractivity contribution in [1.82, 2.24) is 5.32 Å². The number of rotatable bonds is 4.